The number of rotatable bonds is 1. The van der Waals surface area contributed by atoms with Crippen LogP contribution in [0.5, 0.6) is 0 Å². The van der Waals surface area contributed by atoms with E-state index in [9.17, 15) is 4.79 Å². The summed E-state index contributed by atoms with van der Waals surface area (Å²) < 4.78 is 6.19. The molecule has 1 aromatic heterocycles. The van der Waals surface area contributed by atoms with Gasteiger partial charge in [-0.25, -0.2) is 0 Å². The van der Waals surface area contributed by atoms with E-state index in [1.165, 1.54) is 0 Å². The lowest BCUT2D eigenvalue weighted by Crippen LogP contribution is -2.13. The number of halogens is 1. The predicted octanol–water partition coefficient (Wildman–Crippen LogP) is 1.65. The summed E-state index contributed by atoms with van der Waals surface area (Å²) >= 11 is 3.30. The summed E-state index contributed by atoms with van der Waals surface area (Å²) in [6, 6.07) is 1.91. The quantitative estimate of drug-likeness (QED) is 0.796. The molecule has 1 fully saturated rings. The van der Waals surface area contributed by atoms with E-state index in [-0.39, 0.29) is 11.8 Å². The van der Waals surface area contributed by atoms with Gasteiger partial charge in [-0.3, -0.25) is 4.79 Å². The molecule has 1 unspecified atom stereocenters. The van der Waals surface area contributed by atoms with Crippen molar-refractivity contribution >= 4 is 21.8 Å². The lowest BCUT2D eigenvalue weighted by Gasteiger charge is -1.99. The second-order valence-electron chi connectivity index (χ2n) is 2.87. The van der Waals surface area contributed by atoms with Gasteiger partial charge in [0.05, 0.1) is 4.47 Å². The molecule has 1 saturated heterocycles. The van der Waals surface area contributed by atoms with E-state index in [1.54, 1.807) is 6.26 Å². The van der Waals surface area contributed by atoms with E-state index in [0.717, 1.165) is 10.2 Å². The van der Waals surface area contributed by atoms with Crippen molar-refractivity contribution in [2.45, 2.75) is 12.3 Å². The zero-order valence-electron chi connectivity index (χ0n) is 6.34. The molecule has 0 saturated carbocycles. The van der Waals surface area contributed by atoms with Gasteiger partial charge in [-0.05, 0) is 22.0 Å². The molecule has 2 rings (SSSR count). The number of amides is 1. The zero-order valence-corrected chi connectivity index (χ0v) is 7.93. The van der Waals surface area contributed by atoms with Crippen LogP contribution in [0.1, 0.15) is 18.1 Å². The van der Waals surface area contributed by atoms with Crippen molar-refractivity contribution in [3.05, 3.63) is 22.6 Å². The number of nitrogens with one attached hydrogen (secondary N) is 1. The third kappa shape index (κ3) is 1.39. The van der Waals surface area contributed by atoms with E-state index in [4.69, 9.17) is 4.42 Å². The van der Waals surface area contributed by atoms with Crippen LogP contribution >= 0.6 is 15.9 Å². The van der Waals surface area contributed by atoms with Crippen LogP contribution in [0, 0.1) is 0 Å². The maximum absolute atomic E-state index is 10.9. The Morgan fingerprint density at radius 1 is 1.67 bits per heavy atom. The molecule has 1 N–H and O–H groups in total. The van der Waals surface area contributed by atoms with Crippen LogP contribution in [0.2, 0.25) is 0 Å². The fourth-order valence-electron chi connectivity index (χ4n) is 1.35. The molecule has 0 bridgehead atoms. The Balaban J connectivity index is 2.15. The highest BCUT2D eigenvalue weighted by atomic mass is 79.9. The minimum atomic E-state index is 0.104. The average Bonchev–Trinajstić information content (AvgIpc) is 2.58. The van der Waals surface area contributed by atoms with Crippen LogP contribution in [-0.4, -0.2) is 12.5 Å². The second kappa shape index (κ2) is 2.94. The van der Waals surface area contributed by atoms with Crippen LogP contribution in [0.25, 0.3) is 0 Å². The van der Waals surface area contributed by atoms with Crippen LogP contribution in [-0.2, 0) is 4.79 Å². The number of hydrogen-bond donors (Lipinski definition) is 1. The Bertz CT molecular complexity index is 308. The van der Waals surface area contributed by atoms with Gasteiger partial charge in [-0.1, -0.05) is 0 Å². The van der Waals surface area contributed by atoms with Gasteiger partial charge in [0.2, 0.25) is 5.91 Å². The Morgan fingerprint density at radius 3 is 3.00 bits per heavy atom. The molecule has 0 spiro atoms. The predicted molar refractivity (Wildman–Crippen MR) is 46.8 cm³/mol. The molecular formula is C8H8BrNO2. The van der Waals surface area contributed by atoms with Crippen molar-refractivity contribution in [1.82, 2.24) is 5.32 Å². The molecule has 1 aliphatic heterocycles. The molecule has 1 aromatic rings. The smallest absolute Gasteiger partial charge is 0.220 e. The first-order valence-electron chi connectivity index (χ1n) is 3.76. The van der Waals surface area contributed by atoms with Gasteiger partial charge >= 0.3 is 0 Å². The molecule has 4 heteroatoms. The Hall–Kier alpha value is -0.770. The molecule has 12 heavy (non-hydrogen) atoms. The van der Waals surface area contributed by atoms with Gasteiger partial charge in [0.1, 0.15) is 12.0 Å². The van der Waals surface area contributed by atoms with Crippen molar-refractivity contribution in [3.63, 3.8) is 0 Å². The molecule has 2 heterocycles. The number of hydrogen-bond acceptors (Lipinski definition) is 2. The van der Waals surface area contributed by atoms with E-state index >= 15 is 0 Å². The fourth-order valence-corrected chi connectivity index (χ4v) is 1.67. The Labute approximate surface area is 78.3 Å². The molecule has 1 aliphatic rings. The SMILES string of the molecule is O=C1CC(c2cc(Br)co2)CN1. The van der Waals surface area contributed by atoms with Crippen molar-refractivity contribution in [1.29, 1.82) is 0 Å². The van der Waals surface area contributed by atoms with Crippen molar-refractivity contribution in [3.8, 4) is 0 Å². The van der Waals surface area contributed by atoms with Crippen LogP contribution in [0.4, 0.5) is 0 Å². The largest absolute Gasteiger partial charge is 0.468 e. The highest BCUT2D eigenvalue weighted by Gasteiger charge is 2.25. The zero-order chi connectivity index (χ0) is 8.55. The van der Waals surface area contributed by atoms with E-state index in [1.807, 2.05) is 6.07 Å². The first-order valence-corrected chi connectivity index (χ1v) is 4.55. The standard InChI is InChI=1S/C8H8BrNO2/c9-6-2-7(12-4-6)5-1-8(11)10-3-5/h2,4-5H,1,3H2,(H,10,11). The Kier molecular flexibility index (Phi) is 1.92. The van der Waals surface area contributed by atoms with Gasteiger partial charge in [0.25, 0.3) is 0 Å². The second-order valence-corrected chi connectivity index (χ2v) is 3.79. The summed E-state index contributed by atoms with van der Waals surface area (Å²) in [5.41, 5.74) is 0. The molecule has 1 amide bonds. The monoisotopic (exact) mass is 229 g/mol. The highest BCUT2D eigenvalue weighted by Crippen LogP contribution is 2.26. The molecule has 0 aromatic carbocycles. The van der Waals surface area contributed by atoms with Gasteiger partial charge in [-0.2, -0.15) is 0 Å². The minimum absolute atomic E-state index is 0.104. The molecule has 3 nitrogen and oxygen atoms in total. The van der Waals surface area contributed by atoms with Gasteiger partial charge in [0.15, 0.2) is 0 Å². The van der Waals surface area contributed by atoms with E-state index < -0.39 is 0 Å². The maximum atomic E-state index is 10.9. The van der Waals surface area contributed by atoms with Crippen LogP contribution in [0.15, 0.2) is 21.2 Å². The maximum Gasteiger partial charge on any atom is 0.220 e. The van der Waals surface area contributed by atoms with Crippen molar-refractivity contribution < 1.29 is 9.21 Å². The van der Waals surface area contributed by atoms with Crippen molar-refractivity contribution in [2.24, 2.45) is 0 Å². The molecule has 64 valence electrons. The molecule has 0 radical (unpaired) electrons. The average molecular weight is 230 g/mol. The van der Waals surface area contributed by atoms with Crippen LogP contribution in [0.3, 0.4) is 0 Å². The number of carbonyl (C=O) groups excluding carboxylic acids is 1. The van der Waals surface area contributed by atoms with Crippen molar-refractivity contribution in [2.75, 3.05) is 6.54 Å². The first kappa shape index (κ1) is 7.86. The number of carbonyl (C=O) groups is 1. The summed E-state index contributed by atoms with van der Waals surface area (Å²) in [7, 11) is 0. The third-order valence-corrected chi connectivity index (χ3v) is 2.38. The number of furan rings is 1. The summed E-state index contributed by atoms with van der Waals surface area (Å²) in [6.45, 7) is 0.693. The molecular weight excluding hydrogens is 222 g/mol. The van der Waals surface area contributed by atoms with E-state index in [2.05, 4.69) is 21.2 Å². The highest BCUT2D eigenvalue weighted by molar-refractivity contribution is 9.10. The summed E-state index contributed by atoms with van der Waals surface area (Å²) in [4.78, 5) is 10.9. The normalized spacial score (nSPS) is 22.8. The topological polar surface area (TPSA) is 42.2 Å². The summed E-state index contributed by atoms with van der Waals surface area (Å²) in [5, 5.41) is 2.76. The fraction of sp³-hybridized carbons (Fsp3) is 0.375. The summed E-state index contributed by atoms with van der Waals surface area (Å²) in [5.74, 6) is 1.19. The minimum Gasteiger partial charge on any atom is -0.468 e. The third-order valence-electron chi connectivity index (χ3n) is 1.97. The molecule has 1 atom stereocenters. The lowest BCUT2D eigenvalue weighted by molar-refractivity contribution is -0.119. The summed E-state index contributed by atoms with van der Waals surface area (Å²) in [6.07, 6.45) is 2.18. The van der Waals surface area contributed by atoms with Gasteiger partial charge < -0.3 is 9.73 Å². The lowest BCUT2D eigenvalue weighted by atomic mass is 10.1. The van der Waals surface area contributed by atoms with Gasteiger partial charge in [0, 0.05) is 18.9 Å². The van der Waals surface area contributed by atoms with Gasteiger partial charge in [-0.15, -0.1) is 0 Å². The van der Waals surface area contributed by atoms with Crippen LogP contribution < -0.4 is 5.32 Å². The van der Waals surface area contributed by atoms with E-state index in [0.29, 0.717) is 13.0 Å². The first-order chi connectivity index (χ1) is 5.75. The Morgan fingerprint density at radius 2 is 2.50 bits per heavy atom. The molecule has 0 aliphatic carbocycles.